The SMILES string of the molecule is CCOC(=O)Cn1nc(C)c2c1NC(=O)C[C@@H]2c1cccc(OC(C)C)c1. The minimum Gasteiger partial charge on any atom is -0.491 e. The van der Waals surface area contributed by atoms with Crippen molar-refractivity contribution >= 4 is 17.7 Å². The van der Waals surface area contributed by atoms with Crippen LogP contribution in [0.25, 0.3) is 0 Å². The minimum absolute atomic E-state index is 0.0342. The fraction of sp³-hybridized carbons (Fsp3) is 0.450. The highest BCUT2D eigenvalue weighted by Crippen LogP contribution is 2.40. The lowest BCUT2D eigenvalue weighted by Gasteiger charge is -2.25. The fourth-order valence-electron chi connectivity index (χ4n) is 3.42. The number of amides is 1. The van der Waals surface area contributed by atoms with Crippen LogP contribution in [0.3, 0.4) is 0 Å². The van der Waals surface area contributed by atoms with E-state index in [1.165, 1.54) is 4.68 Å². The van der Waals surface area contributed by atoms with Crippen LogP contribution in [0.4, 0.5) is 5.82 Å². The smallest absolute Gasteiger partial charge is 0.327 e. The molecule has 144 valence electrons. The molecule has 1 amide bonds. The third-order valence-electron chi connectivity index (χ3n) is 4.39. The summed E-state index contributed by atoms with van der Waals surface area (Å²) in [5, 5.41) is 7.33. The number of aromatic nitrogens is 2. The van der Waals surface area contributed by atoms with Crippen molar-refractivity contribution in [2.24, 2.45) is 0 Å². The molecule has 0 unspecified atom stereocenters. The maximum atomic E-state index is 12.3. The summed E-state index contributed by atoms with van der Waals surface area (Å²) in [4.78, 5) is 24.2. The van der Waals surface area contributed by atoms with E-state index in [2.05, 4.69) is 10.4 Å². The highest BCUT2D eigenvalue weighted by Gasteiger charge is 2.32. The summed E-state index contributed by atoms with van der Waals surface area (Å²) >= 11 is 0. The number of carbonyl (C=O) groups excluding carboxylic acids is 2. The average molecular weight is 371 g/mol. The monoisotopic (exact) mass is 371 g/mol. The highest BCUT2D eigenvalue weighted by molar-refractivity contribution is 5.95. The van der Waals surface area contributed by atoms with Crippen molar-refractivity contribution in [3.05, 3.63) is 41.1 Å². The van der Waals surface area contributed by atoms with E-state index in [1.54, 1.807) is 6.92 Å². The molecule has 0 bridgehead atoms. The zero-order valence-electron chi connectivity index (χ0n) is 16.1. The maximum Gasteiger partial charge on any atom is 0.327 e. The van der Waals surface area contributed by atoms with Gasteiger partial charge in [0, 0.05) is 17.9 Å². The Balaban J connectivity index is 1.98. The van der Waals surface area contributed by atoms with Crippen molar-refractivity contribution in [3.63, 3.8) is 0 Å². The molecule has 1 atom stereocenters. The van der Waals surface area contributed by atoms with Gasteiger partial charge in [-0.2, -0.15) is 5.10 Å². The topological polar surface area (TPSA) is 82.5 Å². The van der Waals surface area contributed by atoms with E-state index < -0.39 is 0 Å². The third-order valence-corrected chi connectivity index (χ3v) is 4.39. The van der Waals surface area contributed by atoms with Crippen molar-refractivity contribution in [2.45, 2.75) is 52.7 Å². The van der Waals surface area contributed by atoms with Gasteiger partial charge < -0.3 is 14.8 Å². The van der Waals surface area contributed by atoms with Crippen molar-refractivity contribution in [3.8, 4) is 5.75 Å². The van der Waals surface area contributed by atoms with Gasteiger partial charge in [-0.25, -0.2) is 4.68 Å². The molecule has 0 spiro atoms. The second-order valence-electron chi connectivity index (χ2n) is 6.85. The molecule has 0 saturated heterocycles. The third kappa shape index (κ3) is 4.13. The summed E-state index contributed by atoms with van der Waals surface area (Å²) in [6.07, 6.45) is 0.392. The number of esters is 1. The lowest BCUT2D eigenvalue weighted by molar-refractivity contribution is -0.144. The summed E-state index contributed by atoms with van der Waals surface area (Å²) in [6, 6.07) is 7.79. The van der Waals surface area contributed by atoms with E-state index in [0.29, 0.717) is 18.8 Å². The molecule has 0 aliphatic carbocycles. The summed E-state index contributed by atoms with van der Waals surface area (Å²) in [7, 11) is 0. The van der Waals surface area contributed by atoms with E-state index in [-0.39, 0.29) is 30.4 Å². The van der Waals surface area contributed by atoms with Gasteiger partial charge in [0.05, 0.1) is 18.4 Å². The van der Waals surface area contributed by atoms with Crippen molar-refractivity contribution in [2.75, 3.05) is 11.9 Å². The van der Waals surface area contributed by atoms with Crippen LogP contribution in [0.2, 0.25) is 0 Å². The summed E-state index contributed by atoms with van der Waals surface area (Å²) in [6.45, 7) is 7.86. The molecule has 1 aromatic heterocycles. The summed E-state index contributed by atoms with van der Waals surface area (Å²) < 4.78 is 12.3. The van der Waals surface area contributed by atoms with Crippen LogP contribution >= 0.6 is 0 Å². The first-order chi connectivity index (χ1) is 12.9. The van der Waals surface area contributed by atoms with Crippen LogP contribution < -0.4 is 10.1 Å². The number of hydrogen-bond donors (Lipinski definition) is 1. The molecule has 0 saturated carbocycles. The lowest BCUT2D eigenvalue weighted by atomic mass is 9.86. The van der Waals surface area contributed by atoms with Crippen molar-refractivity contribution in [1.29, 1.82) is 0 Å². The Bertz CT molecular complexity index is 857. The van der Waals surface area contributed by atoms with Gasteiger partial charge in [-0.3, -0.25) is 9.59 Å². The Labute approximate surface area is 158 Å². The Morgan fingerprint density at radius 1 is 1.41 bits per heavy atom. The van der Waals surface area contributed by atoms with Crippen LogP contribution in [0.1, 0.15) is 49.9 Å². The first kappa shape index (κ1) is 18.9. The number of anilines is 1. The number of fused-ring (bicyclic) bond motifs is 1. The van der Waals surface area contributed by atoms with Crippen LogP contribution in [-0.4, -0.2) is 34.4 Å². The van der Waals surface area contributed by atoms with Crippen molar-refractivity contribution in [1.82, 2.24) is 9.78 Å². The van der Waals surface area contributed by atoms with E-state index in [1.807, 2.05) is 45.0 Å². The molecule has 27 heavy (non-hydrogen) atoms. The highest BCUT2D eigenvalue weighted by atomic mass is 16.5. The van der Waals surface area contributed by atoms with Gasteiger partial charge >= 0.3 is 5.97 Å². The predicted octanol–water partition coefficient (Wildman–Crippen LogP) is 3.02. The molecule has 7 heteroatoms. The molecule has 0 radical (unpaired) electrons. The van der Waals surface area contributed by atoms with Gasteiger partial charge in [-0.1, -0.05) is 12.1 Å². The lowest BCUT2D eigenvalue weighted by Crippen LogP contribution is -2.26. The van der Waals surface area contributed by atoms with E-state index >= 15 is 0 Å². The molecule has 2 aromatic rings. The Morgan fingerprint density at radius 2 is 2.19 bits per heavy atom. The summed E-state index contributed by atoms with van der Waals surface area (Å²) in [5.41, 5.74) is 2.71. The van der Waals surface area contributed by atoms with Gasteiger partial charge in [0.25, 0.3) is 0 Å². The second kappa shape index (κ2) is 7.82. The van der Waals surface area contributed by atoms with Gasteiger partial charge in [0.15, 0.2) is 0 Å². The summed E-state index contributed by atoms with van der Waals surface area (Å²) in [5.74, 6) is 0.711. The number of nitrogens with one attached hydrogen (secondary N) is 1. The molecule has 0 fully saturated rings. The molecule has 1 aromatic carbocycles. The molecule has 2 heterocycles. The first-order valence-electron chi connectivity index (χ1n) is 9.18. The first-order valence-corrected chi connectivity index (χ1v) is 9.18. The van der Waals surface area contributed by atoms with Crippen LogP contribution in [0, 0.1) is 6.92 Å². The van der Waals surface area contributed by atoms with Crippen LogP contribution in [0.5, 0.6) is 5.75 Å². The molecular weight excluding hydrogens is 346 g/mol. The number of benzene rings is 1. The van der Waals surface area contributed by atoms with Crippen molar-refractivity contribution < 1.29 is 19.1 Å². The number of hydrogen-bond acceptors (Lipinski definition) is 5. The Kier molecular flexibility index (Phi) is 5.48. The van der Waals surface area contributed by atoms with Gasteiger partial charge in [0.1, 0.15) is 18.1 Å². The zero-order valence-corrected chi connectivity index (χ0v) is 16.1. The number of ether oxygens (including phenoxy) is 2. The minimum atomic E-state index is -0.383. The zero-order chi connectivity index (χ0) is 19.6. The second-order valence-corrected chi connectivity index (χ2v) is 6.85. The number of carbonyl (C=O) groups is 2. The van der Waals surface area contributed by atoms with Gasteiger partial charge in [0.2, 0.25) is 5.91 Å². The fourth-order valence-corrected chi connectivity index (χ4v) is 3.42. The largest absolute Gasteiger partial charge is 0.491 e. The van der Waals surface area contributed by atoms with E-state index in [0.717, 1.165) is 22.6 Å². The molecule has 1 aliphatic heterocycles. The molecule has 1 N–H and O–H groups in total. The number of aryl methyl sites for hydroxylation is 1. The predicted molar refractivity (Wildman–Crippen MR) is 101 cm³/mol. The van der Waals surface area contributed by atoms with E-state index in [4.69, 9.17) is 9.47 Å². The molecule has 7 nitrogen and oxygen atoms in total. The normalized spacial score (nSPS) is 16.0. The number of nitrogens with zero attached hydrogens (tertiary/aromatic N) is 2. The molecule has 1 aliphatic rings. The molecular formula is C20H25N3O4. The standard InChI is InChI=1S/C20H25N3O4/c1-5-26-18(25)11-23-20-19(13(4)22-23)16(10-17(24)21-20)14-7-6-8-15(9-14)27-12(2)3/h6-9,12,16H,5,10-11H2,1-4H3,(H,21,24)/t16-/m1/s1. The quantitative estimate of drug-likeness (QED) is 0.789. The van der Waals surface area contributed by atoms with E-state index in [9.17, 15) is 9.59 Å². The van der Waals surface area contributed by atoms with Gasteiger partial charge in [-0.15, -0.1) is 0 Å². The van der Waals surface area contributed by atoms with Gasteiger partial charge in [-0.05, 0) is 45.4 Å². The van der Waals surface area contributed by atoms with Crippen LogP contribution in [0.15, 0.2) is 24.3 Å². The Morgan fingerprint density at radius 3 is 2.89 bits per heavy atom. The molecule has 3 rings (SSSR count). The Hall–Kier alpha value is -2.83. The number of rotatable bonds is 6. The maximum absolute atomic E-state index is 12.3. The average Bonchev–Trinajstić information content (AvgIpc) is 2.89. The van der Waals surface area contributed by atoms with Crippen LogP contribution in [-0.2, 0) is 20.9 Å².